The molecule has 0 spiro atoms. The van der Waals surface area contributed by atoms with Gasteiger partial charge in [0, 0.05) is 18.1 Å². The summed E-state index contributed by atoms with van der Waals surface area (Å²) >= 11 is 6.07. The molecule has 138 valence electrons. The van der Waals surface area contributed by atoms with Crippen molar-refractivity contribution in [3.8, 4) is 0 Å². The minimum Gasteiger partial charge on any atom is -0.354 e. The van der Waals surface area contributed by atoms with Gasteiger partial charge in [-0.15, -0.1) is 0 Å². The topological polar surface area (TPSA) is 49.4 Å². The molecule has 0 aliphatic heterocycles. The highest BCUT2D eigenvalue weighted by molar-refractivity contribution is 6.30. The molecule has 4 nitrogen and oxygen atoms in total. The number of rotatable bonds is 8. The van der Waals surface area contributed by atoms with Crippen molar-refractivity contribution < 1.29 is 9.59 Å². The predicted molar refractivity (Wildman–Crippen MR) is 105 cm³/mol. The molecule has 1 N–H and O–H groups in total. The lowest BCUT2D eigenvalue weighted by Gasteiger charge is -2.29. The van der Waals surface area contributed by atoms with E-state index in [2.05, 4.69) is 5.32 Å². The molecule has 0 aromatic heterocycles. The molecular weight excluding hydrogens is 348 g/mol. The summed E-state index contributed by atoms with van der Waals surface area (Å²) in [6, 6.07) is 16.4. The number of halogens is 1. The molecule has 0 bridgehead atoms. The van der Waals surface area contributed by atoms with Gasteiger partial charge in [0.15, 0.2) is 0 Å². The van der Waals surface area contributed by atoms with Gasteiger partial charge in [0.2, 0.25) is 11.8 Å². The van der Waals surface area contributed by atoms with Crippen LogP contribution in [0, 0.1) is 0 Å². The van der Waals surface area contributed by atoms with Crippen LogP contribution >= 0.6 is 11.6 Å². The molecule has 0 fully saturated rings. The highest BCUT2D eigenvalue weighted by Crippen LogP contribution is 2.16. The van der Waals surface area contributed by atoms with Crippen molar-refractivity contribution in [2.45, 2.75) is 39.3 Å². The minimum absolute atomic E-state index is 0.0877. The van der Waals surface area contributed by atoms with E-state index in [0.29, 0.717) is 18.1 Å². The predicted octanol–water partition coefficient (Wildman–Crippen LogP) is 3.83. The van der Waals surface area contributed by atoms with Gasteiger partial charge in [-0.05, 0) is 36.6 Å². The first kappa shape index (κ1) is 20.0. The standard InChI is InChI=1S/C21H25ClN2O2/c1-3-12-23-21(26)16(2)24(15-18-10-7-11-19(22)13-18)20(25)14-17-8-5-4-6-9-17/h4-11,13,16H,3,12,14-15H2,1-2H3,(H,23,26)/t16-/m1/s1. The summed E-state index contributed by atoms with van der Waals surface area (Å²) in [6.07, 6.45) is 1.11. The molecule has 0 aliphatic carbocycles. The number of benzene rings is 2. The van der Waals surface area contributed by atoms with E-state index in [1.807, 2.05) is 55.5 Å². The molecule has 5 heteroatoms. The molecule has 2 amide bonds. The van der Waals surface area contributed by atoms with Gasteiger partial charge >= 0.3 is 0 Å². The van der Waals surface area contributed by atoms with E-state index in [1.54, 1.807) is 17.9 Å². The fourth-order valence-corrected chi connectivity index (χ4v) is 2.90. The van der Waals surface area contributed by atoms with E-state index in [9.17, 15) is 9.59 Å². The summed E-state index contributed by atoms with van der Waals surface area (Å²) in [7, 11) is 0. The Morgan fingerprint density at radius 1 is 1.08 bits per heavy atom. The third-order valence-electron chi connectivity index (χ3n) is 4.16. The Morgan fingerprint density at radius 2 is 1.77 bits per heavy atom. The summed E-state index contributed by atoms with van der Waals surface area (Å²) in [5.74, 6) is -0.231. The van der Waals surface area contributed by atoms with Crippen LogP contribution in [0.4, 0.5) is 0 Å². The molecule has 0 aliphatic rings. The van der Waals surface area contributed by atoms with E-state index in [4.69, 9.17) is 11.6 Å². The van der Waals surface area contributed by atoms with Crippen molar-refractivity contribution in [3.63, 3.8) is 0 Å². The summed E-state index contributed by atoms with van der Waals surface area (Å²) in [5, 5.41) is 3.48. The highest BCUT2D eigenvalue weighted by Gasteiger charge is 2.26. The third kappa shape index (κ3) is 5.88. The number of carbonyl (C=O) groups excluding carboxylic acids is 2. The number of nitrogens with zero attached hydrogens (tertiary/aromatic N) is 1. The van der Waals surface area contributed by atoms with Gasteiger partial charge in [-0.25, -0.2) is 0 Å². The van der Waals surface area contributed by atoms with Crippen molar-refractivity contribution in [1.29, 1.82) is 0 Å². The van der Waals surface area contributed by atoms with E-state index in [1.165, 1.54) is 0 Å². The zero-order valence-electron chi connectivity index (χ0n) is 15.2. The quantitative estimate of drug-likeness (QED) is 0.765. The van der Waals surface area contributed by atoms with Crippen LogP contribution in [0.5, 0.6) is 0 Å². The molecule has 0 saturated carbocycles. The summed E-state index contributed by atoms with van der Waals surface area (Å²) in [5.41, 5.74) is 1.82. The first-order valence-electron chi connectivity index (χ1n) is 8.86. The van der Waals surface area contributed by atoms with Crippen LogP contribution in [0.3, 0.4) is 0 Å². The second-order valence-corrected chi connectivity index (χ2v) is 6.72. The van der Waals surface area contributed by atoms with Crippen molar-refractivity contribution >= 4 is 23.4 Å². The lowest BCUT2D eigenvalue weighted by Crippen LogP contribution is -2.48. The van der Waals surface area contributed by atoms with Crippen molar-refractivity contribution in [2.75, 3.05) is 6.54 Å². The Balaban J connectivity index is 2.19. The maximum absolute atomic E-state index is 12.9. The van der Waals surface area contributed by atoms with Crippen LogP contribution in [0.2, 0.25) is 5.02 Å². The first-order valence-corrected chi connectivity index (χ1v) is 9.24. The average molecular weight is 373 g/mol. The van der Waals surface area contributed by atoms with Gasteiger partial charge < -0.3 is 10.2 Å². The maximum atomic E-state index is 12.9. The van der Waals surface area contributed by atoms with E-state index < -0.39 is 6.04 Å². The van der Waals surface area contributed by atoms with Crippen LogP contribution in [0.1, 0.15) is 31.4 Å². The minimum atomic E-state index is -0.559. The lowest BCUT2D eigenvalue weighted by atomic mass is 10.1. The van der Waals surface area contributed by atoms with Crippen molar-refractivity contribution in [2.24, 2.45) is 0 Å². The Bertz CT molecular complexity index is 734. The number of amides is 2. The summed E-state index contributed by atoms with van der Waals surface area (Å²) in [6.45, 7) is 4.70. The molecular formula is C21H25ClN2O2. The second kappa shape index (κ2) is 9.97. The van der Waals surface area contributed by atoms with Crippen LogP contribution in [0.15, 0.2) is 54.6 Å². The molecule has 26 heavy (non-hydrogen) atoms. The van der Waals surface area contributed by atoms with Gasteiger partial charge in [0.1, 0.15) is 6.04 Å². The lowest BCUT2D eigenvalue weighted by molar-refractivity contribution is -0.140. The highest BCUT2D eigenvalue weighted by atomic mass is 35.5. The zero-order valence-corrected chi connectivity index (χ0v) is 16.0. The monoisotopic (exact) mass is 372 g/mol. The van der Waals surface area contributed by atoms with Gasteiger partial charge in [-0.2, -0.15) is 0 Å². The molecule has 0 unspecified atom stereocenters. The molecule has 0 radical (unpaired) electrons. The van der Waals surface area contributed by atoms with Crippen molar-refractivity contribution in [3.05, 3.63) is 70.7 Å². The van der Waals surface area contributed by atoms with E-state index in [0.717, 1.165) is 17.5 Å². The Labute approximate surface area is 160 Å². The summed E-state index contributed by atoms with van der Waals surface area (Å²) < 4.78 is 0. The fourth-order valence-electron chi connectivity index (χ4n) is 2.68. The van der Waals surface area contributed by atoms with Crippen LogP contribution in [0.25, 0.3) is 0 Å². The van der Waals surface area contributed by atoms with Crippen LogP contribution in [-0.2, 0) is 22.6 Å². The van der Waals surface area contributed by atoms with Gasteiger partial charge in [0.25, 0.3) is 0 Å². The molecule has 2 aromatic carbocycles. The molecule has 2 rings (SSSR count). The zero-order chi connectivity index (χ0) is 18.9. The Hall–Kier alpha value is -2.33. The van der Waals surface area contributed by atoms with E-state index in [-0.39, 0.29) is 18.2 Å². The average Bonchev–Trinajstić information content (AvgIpc) is 2.64. The molecule has 0 heterocycles. The Morgan fingerprint density at radius 3 is 2.42 bits per heavy atom. The SMILES string of the molecule is CCCNC(=O)[C@@H](C)N(Cc1cccc(Cl)c1)C(=O)Cc1ccccc1. The smallest absolute Gasteiger partial charge is 0.242 e. The molecule has 2 aromatic rings. The molecule has 0 saturated heterocycles. The van der Waals surface area contributed by atoms with Gasteiger partial charge in [0.05, 0.1) is 6.42 Å². The number of hydrogen-bond donors (Lipinski definition) is 1. The Kier molecular flexibility index (Phi) is 7.67. The second-order valence-electron chi connectivity index (χ2n) is 6.28. The normalized spacial score (nSPS) is 11.7. The van der Waals surface area contributed by atoms with E-state index >= 15 is 0 Å². The third-order valence-corrected chi connectivity index (χ3v) is 4.39. The maximum Gasteiger partial charge on any atom is 0.242 e. The number of hydrogen-bond acceptors (Lipinski definition) is 2. The van der Waals surface area contributed by atoms with Crippen LogP contribution in [-0.4, -0.2) is 29.3 Å². The largest absolute Gasteiger partial charge is 0.354 e. The molecule has 1 atom stereocenters. The number of nitrogens with one attached hydrogen (secondary N) is 1. The number of carbonyl (C=O) groups is 2. The van der Waals surface area contributed by atoms with Crippen LogP contribution < -0.4 is 5.32 Å². The van der Waals surface area contributed by atoms with Gasteiger partial charge in [-0.3, -0.25) is 9.59 Å². The van der Waals surface area contributed by atoms with Crippen molar-refractivity contribution in [1.82, 2.24) is 10.2 Å². The first-order chi connectivity index (χ1) is 12.5. The fraction of sp³-hybridized carbons (Fsp3) is 0.333. The summed E-state index contributed by atoms with van der Waals surface area (Å²) in [4.78, 5) is 27.0. The van der Waals surface area contributed by atoms with Gasteiger partial charge in [-0.1, -0.05) is 61.0 Å².